The molecule has 0 bridgehead atoms. The lowest BCUT2D eigenvalue weighted by Crippen LogP contribution is -2.22. The van der Waals surface area contributed by atoms with Gasteiger partial charge in [-0.1, -0.05) is 37.6 Å². The fourth-order valence-electron chi connectivity index (χ4n) is 1.79. The van der Waals surface area contributed by atoms with Crippen molar-refractivity contribution in [2.45, 2.75) is 39.7 Å². The first-order valence-electron chi connectivity index (χ1n) is 5.69. The van der Waals surface area contributed by atoms with Crippen LogP contribution in [0.25, 0.3) is 0 Å². The topological polar surface area (TPSA) is 12.0 Å². The Labute approximate surface area is 97.8 Å². The van der Waals surface area contributed by atoms with Gasteiger partial charge in [-0.05, 0) is 43.5 Å². The van der Waals surface area contributed by atoms with E-state index in [9.17, 15) is 0 Å². The smallest absolute Gasteiger partial charge is 0.0438 e. The van der Waals surface area contributed by atoms with Gasteiger partial charge in [-0.15, -0.1) is 0 Å². The molecule has 1 N–H and O–H groups in total. The molecule has 0 amide bonds. The van der Waals surface area contributed by atoms with Gasteiger partial charge in [0, 0.05) is 11.1 Å². The molecule has 0 heterocycles. The highest BCUT2D eigenvalue weighted by Crippen LogP contribution is 2.25. The van der Waals surface area contributed by atoms with Crippen molar-refractivity contribution in [1.29, 1.82) is 0 Å². The van der Waals surface area contributed by atoms with Crippen molar-refractivity contribution in [2.24, 2.45) is 0 Å². The van der Waals surface area contributed by atoms with Crippen molar-refractivity contribution in [3.05, 3.63) is 34.3 Å². The zero-order valence-corrected chi connectivity index (χ0v) is 10.6. The van der Waals surface area contributed by atoms with E-state index in [1.165, 1.54) is 11.1 Å². The van der Waals surface area contributed by atoms with Crippen LogP contribution in [0.15, 0.2) is 18.2 Å². The van der Waals surface area contributed by atoms with Gasteiger partial charge in [0.05, 0.1) is 0 Å². The lowest BCUT2D eigenvalue weighted by Gasteiger charge is -2.19. The minimum atomic E-state index is 0.434. The van der Waals surface area contributed by atoms with Crippen LogP contribution in [0.5, 0.6) is 0 Å². The molecule has 1 atom stereocenters. The van der Waals surface area contributed by atoms with E-state index in [1.54, 1.807) is 0 Å². The first-order valence-corrected chi connectivity index (χ1v) is 6.06. The molecule has 0 spiro atoms. The summed E-state index contributed by atoms with van der Waals surface area (Å²) in [6, 6.07) is 6.58. The SMILES string of the molecule is CCCNC(CC)c1cccc(Cl)c1C. The minimum absolute atomic E-state index is 0.434. The van der Waals surface area contributed by atoms with Gasteiger partial charge in [-0.3, -0.25) is 0 Å². The highest BCUT2D eigenvalue weighted by atomic mass is 35.5. The first kappa shape index (κ1) is 12.5. The molecule has 0 fully saturated rings. The second kappa shape index (κ2) is 6.14. The standard InChI is InChI=1S/C13H20ClN/c1-4-9-15-13(5-2)11-7-6-8-12(14)10(11)3/h6-8,13,15H,4-5,9H2,1-3H3. The lowest BCUT2D eigenvalue weighted by atomic mass is 9.99. The third-order valence-electron chi connectivity index (χ3n) is 2.73. The molecule has 0 aliphatic carbocycles. The summed E-state index contributed by atoms with van der Waals surface area (Å²) in [5.74, 6) is 0. The van der Waals surface area contributed by atoms with Crippen molar-refractivity contribution in [2.75, 3.05) is 6.54 Å². The molecule has 1 unspecified atom stereocenters. The van der Waals surface area contributed by atoms with E-state index < -0.39 is 0 Å². The molecule has 2 heteroatoms. The Morgan fingerprint density at radius 1 is 1.33 bits per heavy atom. The molecule has 0 radical (unpaired) electrons. The van der Waals surface area contributed by atoms with E-state index in [1.807, 2.05) is 12.1 Å². The fraction of sp³-hybridized carbons (Fsp3) is 0.538. The molecule has 1 aromatic carbocycles. The average Bonchev–Trinajstić information content (AvgIpc) is 2.25. The van der Waals surface area contributed by atoms with Crippen LogP contribution in [-0.4, -0.2) is 6.54 Å². The summed E-state index contributed by atoms with van der Waals surface area (Å²) in [5.41, 5.74) is 2.54. The highest BCUT2D eigenvalue weighted by Gasteiger charge is 2.11. The van der Waals surface area contributed by atoms with E-state index in [4.69, 9.17) is 11.6 Å². The maximum absolute atomic E-state index is 6.12. The van der Waals surface area contributed by atoms with E-state index in [0.717, 1.165) is 24.4 Å². The van der Waals surface area contributed by atoms with Crippen LogP contribution in [0, 0.1) is 6.92 Å². The van der Waals surface area contributed by atoms with Gasteiger partial charge >= 0.3 is 0 Å². The third-order valence-corrected chi connectivity index (χ3v) is 3.14. The van der Waals surface area contributed by atoms with Gasteiger partial charge in [0.15, 0.2) is 0 Å². The Balaban J connectivity index is 2.86. The van der Waals surface area contributed by atoms with Crippen LogP contribution >= 0.6 is 11.6 Å². The van der Waals surface area contributed by atoms with Gasteiger partial charge in [0.1, 0.15) is 0 Å². The summed E-state index contributed by atoms with van der Waals surface area (Å²) in [4.78, 5) is 0. The summed E-state index contributed by atoms with van der Waals surface area (Å²) < 4.78 is 0. The number of hydrogen-bond donors (Lipinski definition) is 1. The van der Waals surface area contributed by atoms with Crippen LogP contribution in [0.2, 0.25) is 5.02 Å². The monoisotopic (exact) mass is 225 g/mol. The Hall–Kier alpha value is -0.530. The third kappa shape index (κ3) is 3.22. The van der Waals surface area contributed by atoms with Gasteiger partial charge in [-0.25, -0.2) is 0 Å². The van der Waals surface area contributed by atoms with Crippen molar-refractivity contribution in [3.63, 3.8) is 0 Å². The van der Waals surface area contributed by atoms with E-state index >= 15 is 0 Å². The summed E-state index contributed by atoms with van der Waals surface area (Å²) >= 11 is 6.12. The lowest BCUT2D eigenvalue weighted by molar-refractivity contribution is 0.516. The Morgan fingerprint density at radius 2 is 2.07 bits per heavy atom. The summed E-state index contributed by atoms with van der Waals surface area (Å²) in [7, 11) is 0. The van der Waals surface area contributed by atoms with Crippen LogP contribution in [0.1, 0.15) is 43.9 Å². The highest BCUT2D eigenvalue weighted by molar-refractivity contribution is 6.31. The molecule has 0 aromatic heterocycles. The van der Waals surface area contributed by atoms with Crippen molar-refractivity contribution >= 4 is 11.6 Å². The van der Waals surface area contributed by atoms with Crippen LogP contribution in [-0.2, 0) is 0 Å². The number of benzene rings is 1. The second-order valence-electron chi connectivity index (χ2n) is 3.87. The molecule has 84 valence electrons. The molecule has 1 nitrogen and oxygen atoms in total. The summed E-state index contributed by atoms with van der Waals surface area (Å²) in [6.07, 6.45) is 2.26. The molecule has 15 heavy (non-hydrogen) atoms. The molecule has 0 aliphatic rings. The van der Waals surface area contributed by atoms with Crippen molar-refractivity contribution in [1.82, 2.24) is 5.32 Å². The van der Waals surface area contributed by atoms with Crippen LogP contribution in [0.3, 0.4) is 0 Å². The van der Waals surface area contributed by atoms with Gasteiger partial charge in [0.25, 0.3) is 0 Å². The zero-order chi connectivity index (χ0) is 11.3. The van der Waals surface area contributed by atoms with Crippen molar-refractivity contribution in [3.8, 4) is 0 Å². The Kier molecular flexibility index (Phi) is 5.13. The number of hydrogen-bond acceptors (Lipinski definition) is 1. The van der Waals surface area contributed by atoms with Crippen LogP contribution < -0.4 is 5.32 Å². The number of halogens is 1. The van der Waals surface area contributed by atoms with Crippen LogP contribution in [0.4, 0.5) is 0 Å². The minimum Gasteiger partial charge on any atom is -0.310 e. The quantitative estimate of drug-likeness (QED) is 0.796. The Morgan fingerprint density at radius 3 is 2.67 bits per heavy atom. The molecule has 0 saturated heterocycles. The normalized spacial score (nSPS) is 12.8. The van der Waals surface area contributed by atoms with E-state index in [0.29, 0.717) is 6.04 Å². The molecule has 1 rings (SSSR count). The largest absolute Gasteiger partial charge is 0.310 e. The molecule has 0 aliphatic heterocycles. The molecule has 0 saturated carbocycles. The zero-order valence-electron chi connectivity index (χ0n) is 9.81. The maximum Gasteiger partial charge on any atom is 0.0438 e. The predicted molar refractivity (Wildman–Crippen MR) is 67.5 cm³/mol. The molecule has 1 aromatic rings. The second-order valence-corrected chi connectivity index (χ2v) is 4.28. The maximum atomic E-state index is 6.12. The molecular weight excluding hydrogens is 206 g/mol. The summed E-state index contributed by atoms with van der Waals surface area (Å²) in [6.45, 7) is 7.54. The number of nitrogens with one attached hydrogen (secondary N) is 1. The Bertz CT molecular complexity index is 309. The summed E-state index contributed by atoms with van der Waals surface area (Å²) in [5, 5.41) is 4.41. The van der Waals surface area contributed by atoms with Gasteiger partial charge < -0.3 is 5.32 Å². The van der Waals surface area contributed by atoms with Crippen molar-refractivity contribution < 1.29 is 0 Å². The molecular formula is C13H20ClN. The predicted octanol–water partition coefficient (Wildman–Crippen LogP) is 4.10. The first-order chi connectivity index (χ1) is 7.20. The van der Waals surface area contributed by atoms with E-state index in [-0.39, 0.29) is 0 Å². The fourth-order valence-corrected chi connectivity index (χ4v) is 1.98. The van der Waals surface area contributed by atoms with Gasteiger partial charge in [-0.2, -0.15) is 0 Å². The van der Waals surface area contributed by atoms with Gasteiger partial charge in [0.2, 0.25) is 0 Å². The average molecular weight is 226 g/mol. The number of rotatable bonds is 5. The van der Waals surface area contributed by atoms with E-state index in [2.05, 4.69) is 32.2 Å².